The second kappa shape index (κ2) is 12.6. The van der Waals surface area contributed by atoms with Gasteiger partial charge in [-0.15, -0.1) is 24.0 Å². The first-order chi connectivity index (χ1) is 10.9. The zero-order valence-corrected chi connectivity index (χ0v) is 19.5. The average Bonchev–Trinajstić information content (AvgIpc) is 2.55. The number of hydrogen-bond acceptors (Lipinski definition) is 4. The number of nitrogens with one attached hydrogen (secondary N) is 2. The Kier molecular flexibility index (Phi) is 12.7. The summed E-state index contributed by atoms with van der Waals surface area (Å²) in [4.78, 5) is 9.45. The minimum Gasteiger partial charge on any atom is -0.356 e. The average molecular weight is 471 g/mol. The minimum atomic E-state index is 0. The number of hydrogen-bond donors (Lipinski definition) is 2. The van der Waals surface area contributed by atoms with Gasteiger partial charge in [0.2, 0.25) is 0 Å². The van der Waals surface area contributed by atoms with Gasteiger partial charge in [0.05, 0.1) is 0 Å². The van der Waals surface area contributed by atoms with Crippen molar-refractivity contribution in [2.45, 2.75) is 32.4 Å². The highest BCUT2D eigenvalue weighted by Gasteiger charge is 2.18. The van der Waals surface area contributed by atoms with Crippen molar-refractivity contribution in [1.29, 1.82) is 0 Å². The van der Waals surface area contributed by atoms with E-state index in [0.717, 1.165) is 25.6 Å². The molecule has 1 unspecified atom stereocenters. The molecule has 7 heteroatoms. The van der Waals surface area contributed by atoms with Crippen LogP contribution in [0.3, 0.4) is 0 Å². The Labute approximate surface area is 170 Å². The third-order valence-electron chi connectivity index (χ3n) is 4.56. The number of nitrogens with zero attached hydrogens (tertiary/aromatic N) is 3. The molecular formula is C17H38IN5S. The van der Waals surface area contributed by atoms with Crippen molar-refractivity contribution >= 4 is 41.7 Å². The molecule has 1 rings (SSSR count). The second-order valence-corrected chi connectivity index (χ2v) is 8.62. The summed E-state index contributed by atoms with van der Waals surface area (Å²) in [6.07, 6.45) is 2.15. The molecule has 0 amide bonds. The van der Waals surface area contributed by atoms with E-state index in [9.17, 15) is 0 Å². The molecule has 144 valence electrons. The van der Waals surface area contributed by atoms with Gasteiger partial charge in [0.15, 0.2) is 5.96 Å². The van der Waals surface area contributed by atoms with Gasteiger partial charge in [-0.05, 0) is 32.6 Å². The Balaban J connectivity index is 0.00000529. The molecule has 2 N–H and O–H groups in total. The van der Waals surface area contributed by atoms with E-state index < -0.39 is 0 Å². The number of thioether (sulfide) groups is 1. The number of piperazine rings is 1. The van der Waals surface area contributed by atoms with Crippen molar-refractivity contribution in [1.82, 2.24) is 20.4 Å². The molecule has 1 aliphatic rings. The van der Waals surface area contributed by atoms with Crippen molar-refractivity contribution in [3.05, 3.63) is 0 Å². The van der Waals surface area contributed by atoms with Crippen LogP contribution in [0.1, 0.15) is 27.7 Å². The van der Waals surface area contributed by atoms with E-state index in [1.54, 1.807) is 0 Å². The minimum absolute atomic E-state index is 0. The number of rotatable bonds is 8. The normalized spacial score (nSPS) is 18.8. The standard InChI is InChI=1S/C17H37N5S.HI/c1-7-21-8-10-22(11-9-21)13-15(2)12-19-16(18-5)20-14-17(3,4)23-6;/h15H,7-14H2,1-6H3,(H2,18,19,20);1H. The van der Waals surface area contributed by atoms with Gasteiger partial charge >= 0.3 is 0 Å². The maximum absolute atomic E-state index is 4.33. The Morgan fingerprint density at radius 2 is 1.75 bits per heavy atom. The molecule has 0 spiro atoms. The van der Waals surface area contributed by atoms with Crippen LogP contribution in [0.5, 0.6) is 0 Å². The van der Waals surface area contributed by atoms with Gasteiger partial charge in [-0.2, -0.15) is 11.8 Å². The highest BCUT2D eigenvalue weighted by molar-refractivity contribution is 14.0. The second-order valence-electron chi connectivity index (χ2n) is 7.11. The summed E-state index contributed by atoms with van der Waals surface area (Å²) in [7, 11) is 1.84. The van der Waals surface area contributed by atoms with Crippen molar-refractivity contribution in [2.75, 3.05) is 65.7 Å². The summed E-state index contributed by atoms with van der Waals surface area (Å²) in [5, 5.41) is 6.90. The van der Waals surface area contributed by atoms with E-state index >= 15 is 0 Å². The lowest BCUT2D eigenvalue weighted by Crippen LogP contribution is -2.49. The van der Waals surface area contributed by atoms with E-state index in [2.05, 4.69) is 59.4 Å². The molecule has 1 atom stereocenters. The molecule has 0 aromatic heterocycles. The topological polar surface area (TPSA) is 42.9 Å². The number of aliphatic imine (C=N–C) groups is 1. The summed E-state index contributed by atoms with van der Waals surface area (Å²) in [6, 6.07) is 0. The molecule has 0 aromatic rings. The van der Waals surface area contributed by atoms with Crippen LogP contribution < -0.4 is 10.6 Å². The molecule has 1 saturated heterocycles. The maximum Gasteiger partial charge on any atom is 0.191 e. The van der Waals surface area contributed by atoms with Crippen LogP contribution >= 0.6 is 35.7 Å². The Bertz CT molecular complexity index is 357. The molecule has 0 bridgehead atoms. The number of likely N-dealkylation sites (N-methyl/N-ethyl adjacent to an activating group) is 1. The SMILES string of the molecule is CCN1CCN(CC(C)CNC(=NC)NCC(C)(C)SC)CC1.I. The van der Waals surface area contributed by atoms with Gasteiger partial charge in [0, 0.05) is 57.6 Å². The Morgan fingerprint density at radius 3 is 2.25 bits per heavy atom. The maximum atomic E-state index is 4.33. The predicted molar refractivity (Wildman–Crippen MR) is 120 cm³/mol. The summed E-state index contributed by atoms with van der Waals surface area (Å²) in [5.41, 5.74) is 0. The molecule has 1 fully saturated rings. The lowest BCUT2D eigenvalue weighted by Gasteiger charge is -2.35. The summed E-state index contributed by atoms with van der Waals surface area (Å²) in [6.45, 7) is 18.1. The van der Waals surface area contributed by atoms with Crippen molar-refractivity contribution < 1.29 is 0 Å². The molecule has 1 heterocycles. The van der Waals surface area contributed by atoms with Crippen LogP contribution in [0.25, 0.3) is 0 Å². The lowest BCUT2D eigenvalue weighted by molar-refractivity contribution is 0.124. The first kappa shape index (κ1) is 24.3. The van der Waals surface area contributed by atoms with Crippen molar-refractivity contribution in [3.8, 4) is 0 Å². The zero-order valence-electron chi connectivity index (χ0n) is 16.4. The zero-order chi connectivity index (χ0) is 17.3. The molecule has 0 saturated carbocycles. The fourth-order valence-corrected chi connectivity index (χ4v) is 2.87. The number of halogens is 1. The van der Waals surface area contributed by atoms with Gasteiger partial charge in [-0.25, -0.2) is 0 Å². The highest BCUT2D eigenvalue weighted by Crippen LogP contribution is 2.19. The lowest BCUT2D eigenvalue weighted by atomic mass is 10.1. The summed E-state index contributed by atoms with van der Waals surface area (Å²) in [5.74, 6) is 1.53. The van der Waals surface area contributed by atoms with Gasteiger partial charge in [0.25, 0.3) is 0 Å². The van der Waals surface area contributed by atoms with Gasteiger partial charge < -0.3 is 20.4 Å². The van der Waals surface area contributed by atoms with Crippen LogP contribution in [-0.4, -0.2) is 86.2 Å². The van der Waals surface area contributed by atoms with Gasteiger partial charge in [-0.1, -0.05) is 13.8 Å². The summed E-state index contributed by atoms with van der Waals surface area (Å²) >= 11 is 1.87. The third kappa shape index (κ3) is 9.68. The fraction of sp³-hybridized carbons (Fsp3) is 0.941. The predicted octanol–water partition coefficient (Wildman–Crippen LogP) is 2.18. The van der Waals surface area contributed by atoms with Gasteiger partial charge in [0.1, 0.15) is 0 Å². The smallest absolute Gasteiger partial charge is 0.191 e. The molecular weight excluding hydrogens is 433 g/mol. The van der Waals surface area contributed by atoms with E-state index in [1.807, 2.05) is 18.8 Å². The van der Waals surface area contributed by atoms with E-state index in [4.69, 9.17) is 0 Å². The van der Waals surface area contributed by atoms with Crippen LogP contribution in [-0.2, 0) is 0 Å². The van der Waals surface area contributed by atoms with Crippen LogP contribution in [0.15, 0.2) is 4.99 Å². The van der Waals surface area contributed by atoms with Gasteiger partial charge in [-0.3, -0.25) is 4.99 Å². The molecule has 5 nitrogen and oxygen atoms in total. The Hall–Kier alpha value is 0.270. The monoisotopic (exact) mass is 471 g/mol. The molecule has 1 aliphatic heterocycles. The van der Waals surface area contributed by atoms with Crippen molar-refractivity contribution in [2.24, 2.45) is 10.9 Å². The largest absolute Gasteiger partial charge is 0.356 e. The summed E-state index contributed by atoms with van der Waals surface area (Å²) < 4.78 is 0.224. The van der Waals surface area contributed by atoms with Crippen molar-refractivity contribution in [3.63, 3.8) is 0 Å². The van der Waals surface area contributed by atoms with Crippen LogP contribution in [0.4, 0.5) is 0 Å². The Morgan fingerprint density at radius 1 is 1.17 bits per heavy atom. The van der Waals surface area contributed by atoms with E-state index in [1.165, 1.54) is 32.7 Å². The quantitative estimate of drug-likeness (QED) is 0.323. The first-order valence-electron chi connectivity index (χ1n) is 8.84. The molecule has 0 aromatic carbocycles. The van der Waals surface area contributed by atoms with E-state index in [0.29, 0.717) is 5.92 Å². The molecule has 0 aliphatic carbocycles. The highest BCUT2D eigenvalue weighted by atomic mass is 127. The van der Waals surface area contributed by atoms with Crippen LogP contribution in [0.2, 0.25) is 0 Å². The molecule has 24 heavy (non-hydrogen) atoms. The fourth-order valence-electron chi connectivity index (χ4n) is 2.65. The number of guanidine groups is 1. The van der Waals surface area contributed by atoms with Crippen LogP contribution in [0, 0.1) is 5.92 Å². The molecule has 0 radical (unpaired) electrons. The third-order valence-corrected chi connectivity index (χ3v) is 5.81. The van der Waals surface area contributed by atoms with E-state index in [-0.39, 0.29) is 28.7 Å². The first-order valence-corrected chi connectivity index (χ1v) is 10.1.